The van der Waals surface area contributed by atoms with E-state index < -0.39 is 0 Å². The van der Waals surface area contributed by atoms with Gasteiger partial charge in [0.05, 0.1) is 6.61 Å². The maximum atomic E-state index is 13.0. The van der Waals surface area contributed by atoms with Crippen molar-refractivity contribution in [3.63, 3.8) is 0 Å². The molecule has 1 aromatic carbocycles. The smallest absolute Gasteiger partial charge is 0.123 e. The van der Waals surface area contributed by atoms with Crippen molar-refractivity contribution in [1.82, 2.24) is 4.90 Å². The molecule has 0 spiro atoms. The highest BCUT2D eigenvalue weighted by molar-refractivity contribution is 5.21. The van der Waals surface area contributed by atoms with Crippen molar-refractivity contribution in [2.24, 2.45) is 5.73 Å². The summed E-state index contributed by atoms with van der Waals surface area (Å²) in [6, 6.07) is 6.68. The van der Waals surface area contributed by atoms with Gasteiger partial charge in [0.25, 0.3) is 0 Å². The van der Waals surface area contributed by atoms with E-state index in [1.54, 1.807) is 19.2 Å². The summed E-state index contributed by atoms with van der Waals surface area (Å²) in [4.78, 5) is 2.16. The number of hydrogen-bond donors (Lipinski definition) is 1. The molecule has 4 heteroatoms. The van der Waals surface area contributed by atoms with E-state index >= 15 is 0 Å². The number of ether oxygens (including phenoxy) is 1. The van der Waals surface area contributed by atoms with Gasteiger partial charge in [-0.05, 0) is 31.2 Å². The SMILES string of the molecule is CCC(N)C(c1ccc(F)cc1)N(C)CCOC. The van der Waals surface area contributed by atoms with Crippen LogP contribution in [0.2, 0.25) is 0 Å². The van der Waals surface area contributed by atoms with Crippen molar-refractivity contribution < 1.29 is 9.13 Å². The molecule has 2 unspecified atom stereocenters. The third kappa shape index (κ3) is 4.05. The summed E-state index contributed by atoms with van der Waals surface area (Å²) in [5.41, 5.74) is 7.23. The second-order valence-electron chi connectivity index (χ2n) is 4.54. The molecule has 0 bridgehead atoms. The van der Waals surface area contributed by atoms with Crippen LogP contribution in [0, 0.1) is 5.82 Å². The van der Waals surface area contributed by atoms with E-state index in [9.17, 15) is 4.39 Å². The number of hydrogen-bond acceptors (Lipinski definition) is 3. The van der Waals surface area contributed by atoms with E-state index in [4.69, 9.17) is 10.5 Å². The standard InChI is InChI=1S/C14H23FN2O/c1-4-13(16)14(17(2)9-10-18-3)11-5-7-12(15)8-6-11/h5-8,13-14H,4,9-10,16H2,1-3H3. The molecule has 0 aliphatic heterocycles. The highest BCUT2D eigenvalue weighted by Gasteiger charge is 2.22. The Balaban J connectivity index is 2.86. The van der Waals surface area contributed by atoms with Crippen molar-refractivity contribution in [3.05, 3.63) is 35.6 Å². The summed E-state index contributed by atoms with van der Waals surface area (Å²) >= 11 is 0. The predicted molar refractivity (Wildman–Crippen MR) is 71.9 cm³/mol. The quantitative estimate of drug-likeness (QED) is 0.810. The zero-order valence-electron chi connectivity index (χ0n) is 11.4. The highest BCUT2D eigenvalue weighted by Crippen LogP contribution is 2.23. The van der Waals surface area contributed by atoms with Crippen LogP contribution in [-0.4, -0.2) is 38.3 Å². The maximum absolute atomic E-state index is 13.0. The summed E-state index contributed by atoms with van der Waals surface area (Å²) in [6.07, 6.45) is 0.874. The Kier molecular flexibility index (Phi) is 6.25. The van der Waals surface area contributed by atoms with Gasteiger partial charge in [-0.15, -0.1) is 0 Å². The molecule has 1 rings (SSSR count). The molecule has 0 saturated heterocycles. The molecule has 2 atom stereocenters. The summed E-state index contributed by atoms with van der Waals surface area (Å²) in [5.74, 6) is -0.220. The van der Waals surface area contributed by atoms with E-state index in [1.807, 2.05) is 7.05 Å². The summed E-state index contributed by atoms with van der Waals surface area (Å²) < 4.78 is 18.1. The first kappa shape index (κ1) is 15.1. The van der Waals surface area contributed by atoms with Crippen LogP contribution in [0.4, 0.5) is 4.39 Å². The third-order valence-electron chi connectivity index (χ3n) is 3.21. The van der Waals surface area contributed by atoms with E-state index in [2.05, 4.69) is 11.8 Å². The van der Waals surface area contributed by atoms with Crippen LogP contribution in [0.1, 0.15) is 24.9 Å². The lowest BCUT2D eigenvalue weighted by Crippen LogP contribution is -2.40. The second-order valence-corrected chi connectivity index (χ2v) is 4.54. The molecular formula is C14H23FN2O. The average Bonchev–Trinajstić information content (AvgIpc) is 2.38. The molecule has 1 aromatic rings. The molecule has 0 amide bonds. The molecule has 0 fully saturated rings. The monoisotopic (exact) mass is 254 g/mol. The van der Waals surface area contributed by atoms with Crippen LogP contribution in [-0.2, 0) is 4.74 Å². The van der Waals surface area contributed by atoms with Gasteiger partial charge in [-0.25, -0.2) is 4.39 Å². The molecule has 0 saturated carbocycles. The molecule has 0 aliphatic rings. The minimum atomic E-state index is -0.220. The largest absolute Gasteiger partial charge is 0.383 e. The van der Waals surface area contributed by atoms with Crippen LogP contribution < -0.4 is 5.73 Å². The number of nitrogens with two attached hydrogens (primary N) is 1. The van der Waals surface area contributed by atoms with Gasteiger partial charge in [0.1, 0.15) is 5.82 Å². The van der Waals surface area contributed by atoms with Crippen molar-refractivity contribution >= 4 is 0 Å². The Bertz CT molecular complexity index is 342. The van der Waals surface area contributed by atoms with Crippen LogP contribution in [0.5, 0.6) is 0 Å². The van der Waals surface area contributed by atoms with E-state index in [-0.39, 0.29) is 17.9 Å². The highest BCUT2D eigenvalue weighted by atomic mass is 19.1. The minimum absolute atomic E-state index is 0.0253. The lowest BCUT2D eigenvalue weighted by molar-refractivity contribution is 0.128. The number of nitrogens with zero attached hydrogens (tertiary/aromatic N) is 1. The number of halogens is 1. The normalized spacial score (nSPS) is 14.8. The Hall–Kier alpha value is -0.970. The molecule has 3 nitrogen and oxygen atoms in total. The second kappa shape index (κ2) is 7.46. The number of benzene rings is 1. The van der Waals surface area contributed by atoms with Gasteiger partial charge in [0, 0.05) is 25.7 Å². The van der Waals surface area contributed by atoms with Gasteiger partial charge in [0.15, 0.2) is 0 Å². The summed E-state index contributed by atoms with van der Waals surface area (Å²) in [7, 11) is 3.70. The van der Waals surface area contributed by atoms with Gasteiger partial charge >= 0.3 is 0 Å². The van der Waals surface area contributed by atoms with Crippen LogP contribution in [0.15, 0.2) is 24.3 Å². The molecule has 102 valence electrons. The van der Waals surface area contributed by atoms with Gasteiger partial charge in [-0.2, -0.15) is 0 Å². The van der Waals surface area contributed by atoms with Crippen molar-refractivity contribution in [1.29, 1.82) is 0 Å². The topological polar surface area (TPSA) is 38.5 Å². The first-order valence-electron chi connectivity index (χ1n) is 6.30. The minimum Gasteiger partial charge on any atom is -0.383 e. The molecule has 18 heavy (non-hydrogen) atoms. The predicted octanol–water partition coefficient (Wildman–Crippen LogP) is 2.18. The fourth-order valence-electron chi connectivity index (χ4n) is 2.09. The Morgan fingerprint density at radius 1 is 1.33 bits per heavy atom. The van der Waals surface area contributed by atoms with Crippen LogP contribution in [0.25, 0.3) is 0 Å². The van der Waals surface area contributed by atoms with E-state index in [0.29, 0.717) is 6.61 Å². The van der Waals surface area contributed by atoms with Gasteiger partial charge in [-0.3, -0.25) is 4.90 Å². The van der Waals surface area contributed by atoms with Crippen molar-refractivity contribution in [2.75, 3.05) is 27.3 Å². The Morgan fingerprint density at radius 2 is 1.94 bits per heavy atom. The first-order valence-corrected chi connectivity index (χ1v) is 6.30. The first-order chi connectivity index (χ1) is 8.60. The van der Waals surface area contributed by atoms with Gasteiger partial charge < -0.3 is 10.5 Å². The number of rotatable bonds is 7. The van der Waals surface area contributed by atoms with Crippen LogP contribution >= 0.6 is 0 Å². The van der Waals surface area contributed by atoms with Gasteiger partial charge in [0.2, 0.25) is 0 Å². The van der Waals surface area contributed by atoms with Crippen molar-refractivity contribution in [2.45, 2.75) is 25.4 Å². The summed E-state index contributed by atoms with van der Waals surface area (Å²) in [6.45, 7) is 3.52. The third-order valence-corrected chi connectivity index (χ3v) is 3.21. The van der Waals surface area contributed by atoms with Crippen molar-refractivity contribution in [3.8, 4) is 0 Å². The van der Waals surface area contributed by atoms with E-state index in [1.165, 1.54) is 12.1 Å². The molecular weight excluding hydrogens is 231 g/mol. The zero-order chi connectivity index (χ0) is 13.5. The summed E-state index contributed by atoms with van der Waals surface area (Å²) in [5, 5.41) is 0. The van der Waals surface area contributed by atoms with E-state index in [0.717, 1.165) is 18.5 Å². The van der Waals surface area contributed by atoms with Crippen LogP contribution in [0.3, 0.4) is 0 Å². The molecule has 0 aliphatic carbocycles. The molecule has 0 aromatic heterocycles. The number of likely N-dealkylation sites (N-methyl/N-ethyl adjacent to an activating group) is 1. The fraction of sp³-hybridized carbons (Fsp3) is 0.571. The molecule has 0 heterocycles. The lowest BCUT2D eigenvalue weighted by atomic mass is 9.96. The Morgan fingerprint density at radius 3 is 2.44 bits per heavy atom. The average molecular weight is 254 g/mol. The lowest BCUT2D eigenvalue weighted by Gasteiger charge is -2.32. The van der Waals surface area contributed by atoms with Gasteiger partial charge in [-0.1, -0.05) is 19.1 Å². The Labute approximate surface area is 109 Å². The fourth-order valence-corrected chi connectivity index (χ4v) is 2.09. The molecule has 0 radical (unpaired) electrons. The number of methoxy groups -OCH3 is 1. The zero-order valence-corrected chi connectivity index (χ0v) is 11.4. The maximum Gasteiger partial charge on any atom is 0.123 e. The molecule has 2 N–H and O–H groups in total.